The first-order valence-electron chi connectivity index (χ1n) is 10.3. The summed E-state index contributed by atoms with van der Waals surface area (Å²) in [7, 11) is 1.94. The molecule has 7 nitrogen and oxygen atoms in total. The van der Waals surface area contributed by atoms with E-state index in [2.05, 4.69) is 25.7 Å². The lowest BCUT2D eigenvalue weighted by molar-refractivity contribution is -0.152. The standard InChI is InChI=1S/C20H37N5O2/c1-5-15(2)18-20(27)25(14-16(3)23(18)4)17(8-6-7-9-21)19(26)24-12-10-22-11-13-24/h15,17-18,22H,3,5-14,21H2,1-2,4H3/t15?,17-,18-/m0/s1. The minimum atomic E-state index is -0.417. The van der Waals surface area contributed by atoms with Crippen LogP contribution in [0.3, 0.4) is 0 Å². The molecule has 7 heteroatoms. The summed E-state index contributed by atoms with van der Waals surface area (Å²) in [5.74, 6) is 0.337. The molecule has 0 bridgehead atoms. The van der Waals surface area contributed by atoms with Crippen LogP contribution in [0.1, 0.15) is 39.5 Å². The molecule has 3 atom stereocenters. The zero-order valence-corrected chi connectivity index (χ0v) is 17.2. The van der Waals surface area contributed by atoms with Gasteiger partial charge in [0.15, 0.2) is 0 Å². The summed E-state index contributed by atoms with van der Waals surface area (Å²) in [5, 5.41) is 3.28. The fourth-order valence-corrected chi connectivity index (χ4v) is 4.02. The van der Waals surface area contributed by atoms with Crippen LogP contribution in [0.25, 0.3) is 0 Å². The Morgan fingerprint density at radius 3 is 2.59 bits per heavy atom. The van der Waals surface area contributed by atoms with Crippen molar-refractivity contribution in [3.63, 3.8) is 0 Å². The molecular formula is C20H37N5O2. The van der Waals surface area contributed by atoms with Crippen molar-refractivity contribution in [1.82, 2.24) is 20.0 Å². The average molecular weight is 380 g/mol. The second-order valence-corrected chi connectivity index (χ2v) is 7.85. The topological polar surface area (TPSA) is 81.9 Å². The monoisotopic (exact) mass is 379 g/mol. The molecule has 3 N–H and O–H groups in total. The van der Waals surface area contributed by atoms with Gasteiger partial charge in [-0.05, 0) is 31.7 Å². The highest BCUT2D eigenvalue weighted by Crippen LogP contribution is 2.27. The second-order valence-electron chi connectivity index (χ2n) is 7.85. The van der Waals surface area contributed by atoms with Gasteiger partial charge in [0.1, 0.15) is 12.1 Å². The quantitative estimate of drug-likeness (QED) is 0.604. The fourth-order valence-electron chi connectivity index (χ4n) is 4.02. The molecule has 0 saturated carbocycles. The Balaban J connectivity index is 2.24. The average Bonchev–Trinajstić information content (AvgIpc) is 2.68. The molecule has 2 saturated heterocycles. The van der Waals surface area contributed by atoms with Gasteiger partial charge in [0.05, 0.1) is 6.54 Å². The molecule has 0 aromatic carbocycles. The van der Waals surface area contributed by atoms with Crippen molar-refractivity contribution in [2.45, 2.75) is 51.6 Å². The highest BCUT2D eigenvalue weighted by Gasteiger charge is 2.42. The zero-order valence-electron chi connectivity index (χ0n) is 17.2. The van der Waals surface area contributed by atoms with E-state index in [1.54, 1.807) is 4.90 Å². The Bertz CT molecular complexity index is 532. The molecule has 0 aliphatic carbocycles. The molecule has 0 radical (unpaired) electrons. The molecule has 27 heavy (non-hydrogen) atoms. The summed E-state index contributed by atoms with van der Waals surface area (Å²) < 4.78 is 0. The maximum atomic E-state index is 13.4. The molecule has 154 valence electrons. The van der Waals surface area contributed by atoms with E-state index in [-0.39, 0.29) is 23.8 Å². The number of rotatable bonds is 8. The predicted molar refractivity (Wildman–Crippen MR) is 108 cm³/mol. The highest BCUT2D eigenvalue weighted by molar-refractivity contribution is 5.91. The van der Waals surface area contributed by atoms with Crippen molar-refractivity contribution in [3.8, 4) is 0 Å². The number of hydrogen-bond acceptors (Lipinski definition) is 5. The minimum absolute atomic E-state index is 0.0560. The van der Waals surface area contributed by atoms with Gasteiger partial charge in [-0.1, -0.05) is 26.8 Å². The number of carbonyl (C=O) groups excluding carboxylic acids is 2. The van der Waals surface area contributed by atoms with Crippen LogP contribution in [-0.4, -0.2) is 84.9 Å². The molecule has 2 rings (SSSR count). The second kappa shape index (κ2) is 10.1. The van der Waals surface area contributed by atoms with Crippen LogP contribution in [0.5, 0.6) is 0 Å². The summed E-state index contributed by atoms with van der Waals surface area (Å²) in [5.41, 5.74) is 6.55. The van der Waals surface area contributed by atoms with Gasteiger partial charge in [0.2, 0.25) is 11.8 Å². The lowest BCUT2D eigenvalue weighted by Crippen LogP contribution is -2.63. The third kappa shape index (κ3) is 5.02. The zero-order chi connectivity index (χ0) is 20.0. The number of amides is 2. The maximum absolute atomic E-state index is 13.4. The van der Waals surface area contributed by atoms with Gasteiger partial charge in [0.25, 0.3) is 0 Å². The van der Waals surface area contributed by atoms with Crippen molar-refractivity contribution in [2.75, 3.05) is 46.3 Å². The molecule has 2 fully saturated rings. The Labute approximate surface area is 163 Å². The van der Waals surface area contributed by atoms with Gasteiger partial charge in [-0.15, -0.1) is 0 Å². The van der Waals surface area contributed by atoms with E-state index >= 15 is 0 Å². The van der Waals surface area contributed by atoms with Crippen LogP contribution in [-0.2, 0) is 9.59 Å². The number of unbranched alkanes of at least 4 members (excludes halogenated alkanes) is 1. The molecular weight excluding hydrogens is 342 g/mol. The van der Waals surface area contributed by atoms with E-state index < -0.39 is 6.04 Å². The van der Waals surface area contributed by atoms with E-state index in [1.807, 2.05) is 16.8 Å². The Hall–Kier alpha value is -1.60. The number of likely N-dealkylation sites (N-methyl/N-ethyl adjacent to an activating group) is 1. The lowest BCUT2D eigenvalue weighted by atomic mass is 9.92. The summed E-state index contributed by atoms with van der Waals surface area (Å²) in [6.07, 6.45) is 3.28. The molecule has 1 unspecified atom stereocenters. The van der Waals surface area contributed by atoms with Gasteiger partial charge in [-0.2, -0.15) is 0 Å². The predicted octanol–water partition coefficient (Wildman–Crippen LogP) is 0.618. The van der Waals surface area contributed by atoms with Crippen LogP contribution < -0.4 is 11.1 Å². The number of nitrogens with zero attached hydrogens (tertiary/aromatic N) is 3. The Morgan fingerprint density at radius 2 is 2.00 bits per heavy atom. The first kappa shape index (κ1) is 21.7. The highest BCUT2D eigenvalue weighted by atomic mass is 16.2. The van der Waals surface area contributed by atoms with Crippen LogP contribution in [0.4, 0.5) is 0 Å². The Morgan fingerprint density at radius 1 is 1.33 bits per heavy atom. The molecule has 2 amide bonds. The summed E-state index contributed by atoms with van der Waals surface area (Å²) in [6.45, 7) is 12.4. The summed E-state index contributed by atoms with van der Waals surface area (Å²) in [6, 6.07) is -0.664. The molecule has 0 spiro atoms. The van der Waals surface area contributed by atoms with Crippen molar-refractivity contribution >= 4 is 11.8 Å². The Kier molecular flexibility index (Phi) is 8.10. The van der Waals surface area contributed by atoms with Gasteiger partial charge < -0.3 is 25.8 Å². The number of nitrogens with two attached hydrogens (primary N) is 1. The molecule has 2 aliphatic heterocycles. The van der Waals surface area contributed by atoms with Crippen molar-refractivity contribution in [2.24, 2.45) is 11.7 Å². The van der Waals surface area contributed by atoms with E-state index in [1.165, 1.54) is 0 Å². The summed E-state index contributed by atoms with van der Waals surface area (Å²) >= 11 is 0. The van der Waals surface area contributed by atoms with Crippen LogP contribution in [0, 0.1) is 5.92 Å². The van der Waals surface area contributed by atoms with Crippen LogP contribution in [0.2, 0.25) is 0 Å². The first-order chi connectivity index (χ1) is 12.9. The smallest absolute Gasteiger partial charge is 0.246 e. The lowest BCUT2D eigenvalue weighted by Gasteiger charge is -2.46. The van der Waals surface area contributed by atoms with Crippen molar-refractivity contribution < 1.29 is 9.59 Å². The minimum Gasteiger partial charge on any atom is -0.365 e. The van der Waals surface area contributed by atoms with Gasteiger partial charge in [-0.25, -0.2) is 0 Å². The third-order valence-electron chi connectivity index (χ3n) is 6.01. The number of carbonyl (C=O) groups is 2. The van der Waals surface area contributed by atoms with E-state index in [9.17, 15) is 9.59 Å². The van der Waals surface area contributed by atoms with Crippen molar-refractivity contribution in [1.29, 1.82) is 0 Å². The first-order valence-corrected chi connectivity index (χ1v) is 10.3. The fraction of sp³-hybridized carbons (Fsp3) is 0.800. The van der Waals surface area contributed by atoms with E-state index in [4.69, 9.17) is 5.73 Å². The molecule has 0 aromatic rings. The van der Waals surface area contributed by atoms with Gasteiger partial charge in [-0.3, -0.25) is 9.59 Å². The SMILES string of the molecule is C=C1CN([C@@H](CCCCN)C(=O)N2CCNCC2)C(=O)[C@H](C(C)CC)N1C. The van der Waals surface area contributed by atoms with E-state index in [0.717, 1.165) is 38.0 Å². The molecule has 2 heterocycles. The largest absolute Gasteiger partial charge is 0.365 e. The summed E-state index contributed by atoms with van der Waals surface area (Å²) in [4.78, 5) is 32.4. The number of piperazine rings is 2. The van der Waals surface area contributed by atoms with Crippen LogP contribution in [0.15, 0.2) is 12.3 Å². The third-order valence-corrected chi connectivity index (χ3v) is 6.01. The van der Waals surface area contributed by atoms with E-state index in [0.29, 0.717) is 32.6 Å². The molecule has 0 aromatic heterocycles. The normalized spacial score (nSPS) is 23.6. The van der Waals surface area contributed by atoms with Gasteiger partial charge >= 0.3 is 0 Å². The van der Waals surface area contributed by atoms with Gasteiger partial charge in [0, 0.05) is 38.9 Å². The number of hydrogen-bond donors (Lipinski definition) is 2. The van der Waals surface area contributed by atoms with Crippen LogP contribution >= 0.6 is 0 Å². The number of nitrogens with one attached hydrogen (secondary N) is 1. The molecule has 2 aliphatic rings. The van der Waals surface area contributed by atoms with Crippen molar-refractivity contribution in [3.05, 3.63) is 12.3 Å². The maximum Gasteiger partial charge on any atom is 0.246 e.